The van der Waals surface area contributed by atoms with E-state index in [0.29, 0.717) is 32.9 Å². The summed E-state index contributed by atoms with van der Waals surface area (Å²) in [6.07, 6.45) is 3.50. The van der Waals surface area contributed by atoms with Gasteiger partial charge in [-0.2, -0.15) is 0 Å². The Morgan fingerprint density at radius 2 is 1.72 bits per heavy atom. The van der Waals surface area contributed by atoms with E-state index >= 15 is 4.39 Å². The lowest BCUT2D eigenvalue weighted by molar-refractivity contribution is -0.151. The molecule has 0 spiro atoms. The van der Waals surface area contributed by atoms with Crippen LogP contribution in [-0.4, -0.2) is 85.6 Å². The van der Waals surface area contributed by atoms with Crippen LogP contribution in [-0.2, 0) is 25.7 Å². The zero-order valence-corrected chi connectivity index (χ0v) is 24.9. The number of aliphatic carboxylic acids is 3. The Balaban J connectivity index is 1.84. The van der Waals surface area contributed by atoms with E-state index in [0.717, 1.165) is 19.2 Å². The lowest BCUT2D eigenvalue weighted by atomic mass is 10.1. The predicted octanol–water partition coefficient (Wildman–Crippen LogP) is 1.75. The van der Waals surface area contributed by atoms with Gasteiger partial charge in [0.1, 0.15) is 23.7 Å². The molecule has 0 aliphatic rings. The van der Waals surface area contributed by atoms with Crippen LogP contribution in [0.3, 0.4) is 0 Å². The summed E-state index contributed by atoms with van der Waals surface area (Å²) in [7, 11) is 1.08. The number of carboxylic acids is 3. The number of aryl methyl sites for hydroxylation is 1. The van der Waals surface area contributed by atoms with Gasteiger partial charge >= 0.3 is 17.9 Å². The van der Waals surface area contributed by atoms with Gasteiger partial charge in [0, 0.05) is 32.1 Å². The van der Waals surface area contributed by atoms with Crippen LogP contribution in [0.5, 0.6) is 0 Å². The number of halogens is 1. The van der Waals surface area contributed by atoms with Crippen LogP contribution < -0.4 is 15.8 Å². The van der Waals surface area contributed by atoms with E-state index in [9.17, 15) is 33.9 Å². The molecule has 1 heterocycles. The number of hydrogen-bond donors (Lipinski definition) is 5. The molecule has 2 amide bonds. The first-order valence-corrected chi connectivity index (χ1v) is 13.9. The third kappa shape index (κ3) is 8.88. The van der Waals surface area contributed by atoms with Crippen LogP contribution >= 0.6 is 0 Å². The maximum Gasteiger partial charge on any atom is 0.326 e. The standard InChI is InChI=1S/C31H32FN5O9/c1-4-13-37(16-18-5-8-23-21(14-18)29(43)34-17(2)33-23)19-6-7-20(22(32)15-19)28(42)35-24(9-11-26(38)39)30(44)36(3)25(31(45)46)10-12-27(40)41/h1,5-8,14-15,24-25H,9-13,16H2,2-3H3,(H,35,42)(H,38,39)(H,40,41)(H,45,46)(H,33,34,43)/t24-,25-/m0/s1. The summed E-state index contributed by atoms with van der Waals surface area (Å²) < 4.78 is 15.4. The highest BCUT2D eigenvalue weighted by molar-refractivity contribution is 5.98. The molecular formula is C31H32FN5O9. The van der Waals surface area contributed by atoms with E-state index in [-0.39, 0.29) is 18.6 Å². The van der Waals surface area contributed by atoms with Crippen molar-refractivity contribution in [1.29, 1.82) is 0 Å². The Morgan fingerprint density at radius 3 is 2.33 bits per heavy atom. The molecule has 3 aromatic rings. The van der Waals surface area contributed by atoms with Gasteiger partial charge in [-0.05, 0) is 55.7 Å². The number of terminal acetylenes is 1. The fraction of sp³-hybridized carbons (Fsp3) is 0.323. The van der Waals surface area contributed by atoms with Crippen molar-refractivity contribution < 1.29 is 43.7 Å². The van der Waals surface area contributed by atoms with E-state index < -0.39 is 78.9 Å². The average Bonchev–Trinajstić information content (AvgIpc) is 2.98. The summed E-state index contributed by atoms with van der Waals surface area (Å²) in [5.41, 5.74) is 0.663. The second-order valence-electron chi connectivity index (χ2n) is 10.4. The first-order chi connectivity index (χ1) is 21.7. The van der Waals surface area contributed by atoms with Gasteiger partial charge in [0.05, 0.1) is 23.0 Å². The maximum absolute atomic E-state index is 15.4. The number of fused-ring (bicyclic) bond motifs is 1. The van der Waals surface area contributed by atoms with Gasteiger partial charge in [-0.1, -0.05) is 12.0 Å². The summed E-state index contributed by atoms with van der Waals surface area (Å²) in [6, 6.07) is 5.55. The molecule has 0 fully saturated rings. The van der Waals surface area contributed by atoms with Gasteiger partial charge in [0.25, 0.3) is 11.5 Å². The van der Waals surface area contributed by atoms with E-state index in [2.05, 4.69) is 21.2 Å². The number of nitrogens with zero attached hydrogens (tertiary/aromatic N) is 3. The lowest BCUT2D eigenvalue weighted by Gasteiger charge is -2.29. The summed E-state index contributed by atoms with van der Waals surface area (Å²) in [6.45, 7) is 1.87. The van der Waals surface area contributed by atoms with E-state index in [1.807, 2.05) is 0 Å². The second kappa shape index (κ2) is 15.3. The maximum atomic E-state index is 15.4. The number of anilines is 1. The van der Waals surface area contributed by atoms with Crippen molar-refractivity contribution in [2.75, 3.05) is 18.5 Å². The summed E-state index contributed by atoms with van der Waals surface area (Å²) in [5, 5.41) is 30.2. The van der Waals surface area contributed by atoms with Gasteiger partial charge in [-0.15, -0.1) is 6.42 Å². The lowest BCUT2D eigenvalue weighted by Crippen LogP contribution is -2.52. The summed E-state index contributed by atoms with van der Waals surface area (Å²) >= 11 is 0. The van der Waals surface area contributed by atoms with Gasteiger partial charge in [0.15, 0.2) is 0 Å². The fourth-order valence-electron chi connectivity index (χ4n) is 4.76. The highest BCUT2D eigenvalue weighted by Gasteiger charge is 2.33. The SMILES string of the molecule is C#CCN(Cc1ccc2nc(C)[nH]c(=O)c2c1)c1ccc(C(=O)N[C@@H](CCC(=O)O)C(=O)N(C)[C@@H](CCC(=O)O)C(=O)O)c(F)c1. The number of carboxylic acid groups (broad SMARTS) is 3. The molecule has 0 aliphatic heterocycles. The molecule has 2 atom stereocenters. The zero-order valence-electron chi connectivity index (χ0n) is 24.9. The number of H-pyrrole nitrogens is 1. The molecule has 15 heteroatoms. The van der Waals surface area contributed by atoms with Crippen molar-refractivity contribution in [3.63, 3.8) is 0 Å². The van der Waals surface area contributed by atoms with Crippen molar-refractivity contribution in [1.82, 2.24) is 20.2 Å². The monoisotopic (exact) mass is 637 g/mol. The highest BCUT2D eigenvalue weighted by atomic mass is 19.1. The Kier molecular flexibility index (Phi) is 11.5. The van der Waals surface area contributed by atoms with Crippen molar-refractivity contribution in [2.24, 2.45) is 0 Å². The number of amides is 2. The number of aromatic amines is 1. The van der Waals surface area contributed by atoms with Crippen LogP contribution in [0, 0.1) is 25.1 Å². The molecule has 242 valence electrons. The molecule has 14 nitrogen and oxygen atoms in total. The Morgan fingerprint density at radius 1 is 1.04 bits per heavy atom. The van der Waals surface area contributed by atoms with Crippen LogP contribution in [0.4, 0.5) is 10.1 Å². The van der Waals surface area contributed by atoms with Crippen molar-refractivity contribution >= 4 is 46.3 Å². The number of aromatic nitrogens is 2. The molecule has 0 radical (unpaired) electrons. The van der Waals surface area contributed by atoms with Crippen LogP contribution in [0.1, 0.15) is 47.4 Å². The molecule has 0 saturated carbocycles. The summed E-state index contributed by atoms with van der Waals surface area (Å²) in [4.78, 5) is 81.8. The number of hydrogen-bond acceptors (Lipinski definition) is 8. The smallest absolute Gasteiger partial charge is 0.326 e. The van der Waals surface area contributed by atoms with Gasteiger partial charge in [0.2, 0.25) is 5.91 Å². The largest absolute Gasteiger partial charge is 0.481 e. The fourth-order valence-corrected chi connectivity index (χ4v) is 4.76. The van der Waals surface area contributed by atoms with Gasteiger partial charge in [-0.3, -0.25) is 24.0 Å². The number of benzene rings is 2. The third-order valence-corrected chi connectivity index (χ3v) is 7.09. The normalized spacial score (nSPS) is 12.0. The van der Waals surface area contributed by atoms with Gasteiger partial charge in [-0.25, -0.2) is 14.2 Å². The molecule has 46 heavy (non-hydrogen) atoms. The average molecular weight is 638 g/mol. The molecule has 0 bridgehead atoms. The van der Waals surface area contributed by atoms with Crippen LogP contribution in [0.2, 0.25) is 0 Å². The first-order valence-electron chi connectivity index (χ1n) is 13.9. The van der Waals surface area contributed by atoms with Crippen molar-refractivity contribution in [2.45, 2.75) is 51.2 Å². The quantitative estimate of drug-likeness (QED) is 0.152. The number of carbonyl (C=O) groups is 5. The topological polar surface area (TPSA) is 210 Å². The Hall–Kier alpha value is -5.78. The molecular weight excluding hydrogens is 605 g/mol. The summed E-state index contributed by atoms with van der Waals surface area (Å²) in [5.74, 6) is -4.21. The Bertz CT molecular complexity index is 1770. The number of nitrogens with one attached hydrogen (secondary N) is 2. The second-order valence-corrected chi connectivity index (χ2v) is 10.4. The highest BCUT2D eigenvalue weighted by Crippen LogP contribution is 2.22. The number of carbonyl (C=O) groups excluding carboxylic acids is 2. The molecule has 0 saturated heterocycles. The minimum atomic E-state index is -1.58. The number of rotatable bonds is 15. The molecule has 1 aromatic heterocycles. The van der Waals surface area contributed by atoms with Gasteiger partial charge < -0.3 is 35.4 Å². The molecule has 0 unspecified atom stereocenters. The molecule has 5 N–H and O–H groups in total. The minimum Gasteiger partial charge on any atom is -0.481 e. The molecule has 0 aliphatic carbocycles. The minimum absolute atomic E-state index is 0.0379. The molecule has 3 rings (SSSR count). The zero-order chi connectivity index (χ0) is 34.1. The van der Waals surface area contributed by atoms with Crippen LogP contribution in [0.15, 0.2) is 41.2 Å². The van der Waals surface area contributed by atoms with E-state index in [4.69, 9.17) is 16.6 Å². The van der Waals surface area contributed by atoms with E-state index in [1.54, 1.807) is 30.0 Å². The Labute approximate surface area is 261 Å². The number of likely N-dealkylation sites (N-methyl/N-ethyl adjacent to an activating group) is 1. The van der Waals surface area contributed by atoms with Crippen molar-refractivity contribution in [3.05, 3.63) is 69.5 Å². The van der Waals surface area contributed by atoms with Crippen LogP contribution in [0.25, 0.3) is 10.9 Å². The molecule has 2 aromatic carbocycles. The van der Waals surface area contributed by atoms with E-state index in [1.165, 1.54) is 6.07 Å². The third-order valence-electron chi connectivity index (χ3n) is 7.09. The van der Waals surface area contributed by atoms with Crippen molar-refractivity contribution in [3.8, 4) is 12.3 Å². The predicted molar refractivity (Wildman–Crippen MR) is 163 cm³/mol. The first kappa shape index (κ1) is 34.7.